The number of ether oxygens (including phenoxy) is 1. The first kappa shape index (κ1) is 14.5. The van der Waals surface area contributed by atoms with Crippen LogP contribution in [0.4, 0.5) is 0 Å². The molecule has 100 valence electrons. The molecule has 0 saturated carbocycles. The first-order valence-electron chi connectivity index (χ1n) is 6.84. The summed E-state index contributed by atoms with van der Waals surface area (Å²) < 4.78 is 5.34. The van der Waals surface area contributed by atoms with Gasteiger partial charge in [0, 0.05) is 18.7 Å². The van der Waals surface area contributed by atoms with Gasteiger partial charge in [0.2, 0.25) is 5.91 Å². The van der Waals surface area contributed by atoms with Crippen LogP contribution >= 0.6 is 0 Å². The average Bonchev–Trinajstić information content (AvgIpc) is 2.32. The van der Waals surface area contributed by atoms with Gasteiger partial charge in [-0.05, 0) is 32.7 Å². The Morgan fingerprint density at radius 1 is 1.47 bits per heavy atom. The topological polar surface area (TPSA) is 50.4 Å². The third-order valence-electron chi connectivity index (χ3n) is 3.23. The zero-order chi connectivity index (χ0) is 12.5. The van der Waals surface area contributed by atoms with Crippen LogP contribution in [-0.2, 0) is 9.53 Å². The Labute approximate surface area is 104 Å². The van der Waals surface area contributed by atoms with E-state index in [9.17, 15) is 4.79 Å². The van der Waals surface area contributed by atoms with E-state index in [1.54, 1.807) is 0 Å². The molecule has 0 aromatic carbocycles. The quantitative estimate of drug-likeness (QED) is 0.664. The molecular weight excluding hydrogens is 216 g/mol. The molecule has 1 amide bonds. The molecule has 4 heteroatoms. The van der Waals surface area contributed by atoms with Crippen LogP contribution in [0.5, 0.6) is 0 Å². The fourth-order valence-electron chi connectivity index (χ4n) is 2.11. The molecule has 2 N–H and O–H groups in total. The maximum absolute atomic E-state index is 11.6. The van der Waals surface area contributed by atoms with Crippen LogP contribution in [0.1, 0.15) is 46.0 Å². The number of hydrogen-bond donors (Lipinski definition) is 2. The van der Waals surface area contributed by atoms with Crippen molar-refractivity contribution in [2.24, 2.45) is 0 Å². The van der Waals surface area contributed by atoms with Gasteiger partial charge in [-0.3, -0.25) is 4.79 Å². The molecule has 0 radical (unpaired) electrons. The predicted molar refractivity (Wildman–Crippen MR) is 69.0 cm³/mol. The number of amides is 1. The highest BCUT2D eigenvalue weighted by atomic mass is 16.5. The van der Waals surface area contributed by atoms with Crippen molar-refractivity contribution in [3.8, 4) is 0 Å². The molecule has 1 aliphatic rings. The van der Waals surface area contributed by atoms with Gasteiger partial charge in [-0.15, -0.1) is 0 Å². The number of rotatable bonds is 7. The predicted octanol–water partition coefficient (Wildman–Crippen LogP) is 1.45. The van der Waals surface area contributed by atoms with Gasteiger partial charge in [-0.1, -0.05) is 19.8 Å². The van der Waals surface area contributed by atoms with Crippen LogP contribution in [0.25, 0.3) is 0 Å². The molecule has 0 aromatic rings. The number of unbranched alkanes of at least 4 members (excludes halogenated alkanes) is 2. The Morgan fingerprint density at radius 2 is 2.29 bits per heavy atom. The van der Waals surface area contributed by atoms with E-state index in [-0.39, 0.29) is 18.6 Å². The molecule has 1 rings (SSSR count). The molecule has 0 aliphatic carbocycles. The van der Waals surface area contributed by atoms with Crippen molar-refractivity contribution in [2.45, 2.75) is 58.0 Å². The molecule has 1 heterocycles. The largest absolute Gasteiger partial charge is 0.372 e. The van der Waals surface area contributed by atoms with Crippen molar-refractivity contribution >= 4 is 5.91 Å². The van der Waals surface area contributed by atoms with E-state index in [2.05, 4.69) is 24.5 Å². The normalized spacial score (nSPS) is 24.6. The SMILES string of the molecule is CCCCCOCC(=O)NC1CCCNC1C. The Morgan fingerprint density at radius 3 is 3.00 bits per heavy atom. The lowest BCUT2D eigenvalue weighted by atomic mass is 10.00. The van der Waals surface area contributed by atoms with Gasteiger partial charge in [0.25, 0.3) is 0 Å². The Kier molecular flexibility index (Phi) is 7.21. The first-order valence-corrected chi connectivity index (χ1v) is 6.84. The lowest BCUT2D eigenvalue weighted by molar-refractivity contribution is -0.126. The monoisotopic (exact) mass is 242 g/mol. The van der Waals surface area contributed by atoms with Crippen LogP contribution in [0, 0.1) is 0 Å². The average molecular weight is 242 g/mol. The van der Waals surface area contributed by atoms with Crippen LogP contribution in [-0.4, -0.2) is 37.7 Å². The minimum absolute atomic E-state index is 0.0158. The Balaban J connectivity index is 2.07. The maximum atomic E-state index is 11.6. The molecule has 1 aliphatic heterocycles. The van der Waals surface area contributed by atoms with E-state index < -0.39 is 0 Å². The molecular formula is C13H26N2O2. The van der Waals surface area contributed by atoms with Gasteiger partial charge in [-0.25, -0.2) is 0 Å². The van der Waals surface area contributed by atoms with Crippen molar-refractivity contribution in [3.63, 3.8) is 0 Å². The second-order valence-electron chi connectivity index (χ2n) is 4.82. The Hall–Kier alpha value is -0.610. The van der Waals surface area contributed by atoms with E-state index >= 15 is 0 Å². The fraction of sp³-hybridized carbons (Fsp3) is 0.923. The molecule has 1 fully saturated rings. The van der Waals surface area contributed by atoms with Crippen molar-refractivity contribution < 1.29 is 9.53 Å². The van der Waals surface area contributed by atoms with Crippen LogP contribution < -0.4 is 10.6 Å². The number of carbonyl (C=O) groups excluding carboxylic acids is 1. The summed E-state index contributed by atoms with van der Waals surface area (Å²) >= 11 is 0. The van der Waals surface area contributed by atoms with Crippen LogP contribution in [0.3, 0.4) is 0 Å². The summed E-state index contributed by atoms with van der Waals surface area (Å²) in [5.74, 6) is 0.0158. The second-order valence-corrected chi connectivity index (χ2v) is 4.82. The molecule has 17 heavy (non-hydrogen) atoms. The summed E-state index contributed by atoms with van der Waals surface area (Å²) in [5.41, 5.74) is 0. The highest BCUT2D eigenvalue weighted by Gasteiger charge is 2.21. The van der Waals surface area contributed by atoms with Gasteiger partial charge >= 0.3 is 0 Å². The molecule has 2 unspecified atom stereocenters. The minimum Gasteiger partial charge on any atom is -0.372 e. The van der Waals surface area contributed by atoms with E-state index in [1.165, 1.54) is 12.8 Å². The fourth-order valence-corrected chi connectivity index (χ4v) is 2.11. The molecule has 2 atom stereocenters. The molecule has 1 saturated heterocycles. The molecule has 0 aromatic heterocycles. The second kappa shape index (κ2) is 8.48. The summed E-state index contributed by atoms with van der Waals surface area (Å²) in [7, 11) is 0. The zero-order valence-corrected chi connectivity index (χ0v) is 11.1. The number of hydrogen-bond acceptors (Lipinski definition) is 3. The van der Waals surface area contributed by atoms with Gasteiger partial charge in [0.05, 0.1) is 0 Å². The van der Waals surface area contributed by atoms with E-state index in [0.717, 1.165) is 25.8 Å². The van der Waals surface area contributed by atoms with Crippen molar-refractivity contribution in [3.05, 3.63) is 0 Å². The third-order valence-corrected chi connectivity index (χ3v) is 3.23. The van der Waals surface area contributed by atoms with E-state index in [1.807, 2.05) is 0 Å². The van der Waals surface area contributed by atoms with E-state index in [4.69, 9.17) is 4.74 Å². The molecule has 0 bridgehead atoms. The smallest absolute Gasteiger partial charge is 0.246 e. The van der Waals surface area contributed by atoms with Gasteiger partial charge < -0.3 is 15.4 Å². The van der Waals surface area contributed by atoms with Crippen molar-refractivity contribution in [1.82, 2.24) is 10.6 Å². The van der Waals surface area contributed by atoms with Crippen LogP contribution in [0.15, 0.2) is 0 Å². The maximum Gasteiger partial charge on any atom is 0.246 e. The summed E-state index contributed by atoms with van der Waals surface area (Å²) in [6.07, 6.45) is 5.60. The summed E-state index contributed by atoms with van der Waals surface area (Å²) in [5, 5.41) is 6.40. The summed E-state index contributed by atoms with van der Waals surface area (Å²) in [6, 6.07) is 0.628. The van der Waals surface area contributed by atoms with Crippen molar-refractivity contribution in [1.29, 1.82) is 0 Å². The van der Waals surface area contributed by atoms with Gasteiger partial charge in [0.15, 0.2) is 0 Å². The van der Waals surface area contributed by atoms with Gasteiger partial charge in [-0.2, -0.15) is 0 Å². The van der Waals surface area contributed by atoms with Gasteiger partial charge in [0.1, 0.15) is 6.61 Å². The van der Waals surface area contributed by atoms with Crippen molar-refractivity contribution in [2.75, 3.05) is 19.8 Å². The van der Waals surface area contributed by atoms with E-state index in [0.29, 0.717) is 12.6 Å². The molecule has 0 spiro atoms. The lowest BCUT2D eigenvalue weighted by Crippen LogP contribution is -2.52. The lowest BCUT2D eigenvalue weighted by Gasteiger charge is -2.30. The number of nitrogens with one attached hydrogen (secondary N) is 2. The highest BCUT2D eigenvalue weighted by Crippen LogP contribution is 2.07. The zero-order valence-electron chi connectivity index (χ0n) is 11.1. The summed E-state index contributed by atoms with van der Waals surface area (Å²) in [6.45, 7) is 6.23. The van der Waals surface area contributed by atoms with Crippen LogP contribution in [0.2, 0.25) is 0 Å². The number of piperidine rings is 1. The minimum atomic E-state index is 0.0158. The standard InChI is InChI=1S/C13H26N2O2/c1-3-4-5-9-17-10-13(16)15-12-7-6-8-14-11(12)2/h11-12,14H,3-10H2,1-2H3,(H,15,16). The first-order chi connectivity index (χ1) is 8.24. The Bertz CT molecular complexity index is 221. The summed E-state index contributed by atoms with van der Waals surface area (Å²) in [4.78, 5) is 11.6. The third kappa shape index (κ3) is 6.03. The molecule has 4 nitrogen and oxygen atoms in total. The number of carbonyl (C=O) groups is 1. The highest BCUT2D eigenvalue weighted by molar-refractivity contribution is 5.77.